The summed E-state index contributed by atoms with van der Waals surface area (Å²) >= 11 is 12.1. The van der Waals surface area contributed by atoms with Crippen LogP contribution in [0.1, 0.15) is 39.0 Å². The normalized spacial score (nSPS) is 27.6. The summed E-state index contributed by atoms with van der Waals surface area (Å²) < 4.78 is 5.81. The first kappa shape index (κ1) is 24.8. The lowest BCUT2D eigenvalue weighted by molar-refractivity contribution is -0.144. The van der Waals surface area contributed by atoms with Crippen LogP contribution in [0.5, 0.6) is 5.75 Å². The van der Waals surface area contributed by atoms with E-state index in [4.69, 9.17) is 27.9 Å². The van der Waals surface area contributed by atoms with E-state index >= 15 is 0 Å². The molecule has 2 aliphatic heterocycles. The Morgan fingerprint density at radius 1 is 1.29 bits per heavy atom. The number of benzene rings is 1. The van der Waals surface area contributed by atoms with Crippen molar-refractivity contribution in [2.75, 3.05) is 13.1 Å². The summed E-state index contributed by atoms with van der Waals surface area (Å²) in [6, 6.07) is 3.31. The van der Waals surface area contributed by atoms with E-state index in [1.54, 1.807) is 24.0 Å². The van der Waals surface area contributed by atoms with Crippen LogP contribution in [0.15, 0.2) is 18.2 Å². The van der Waals surface area contributed by atoms with Crippen molar-refractivity contribution in [3.63, 3.8) is 0 Å². The Morgan fingerprint density at radius 3 is 2.76 bits per heavy atom. The quantitative estimate of drug-likeness (QED) is 0.524. The Kier molecular flexibility index (Phi) is 7.67. The molecule has 0 spiro atoms. The zero-order valence-corrected chi connectivity index (χ0v) is 20.5. The van der Waals surface area contributed by atoms with Crippen molar-refractivity contribution < 1.29 is 23.9 Å². The lowest BCUT2D eigenvalue weighted by Crippen LogP contribution is -2.54. The summed E-state index contributed by atoms with van der Waals surface area (Å²) in [7, 11) is 0. The van der Waals surface area contributed by atoms with Crippen molar-refractivity contribution in [3.8, 4) is 5.75 Å². The van der Waals surface area contributed by atoms with Gasteiger partial charge in [0.2, 0.25) is 11.8 Å². The molecule has 10 heteroatoms. The predicted octanol–water partition coefficient (Wildman–Crippen LogP) is 2.60. The molecular weight excluding hydrogens is 481 g/mol. The molecule has 8 nitrogen and oxygen atoms in total. The molecule has 6 atom stereocenters. The highest BCUT2D eigenvalue weighted by molar-refractivity contribution is 6.35. The fourth-order valence-corrected chi connectivity index (χ4v) is 5.96. The van der Waals surface area contributed by atoms with Crippen LogP contribution in [-0.4, -0.2) is 60.2 Å². The third kappa shape index (κ3) is 5.18. The summed E-state index contributed by atoms with van der Waals surface area (Å²) in [5.41, 5.74) is 0. The van der Waals surface area contributed by atoms with Crippen LogP contribution in [0.3, 0.4) is 0 Å². The number of hydrogen-bond acceptors (Lipinski definition) is 5. The summed E-state index contributed by atoms with van der Waals surface area (Å²) in [5.74, 6) is -0.440. The highest BCUT2D eigenvalue weighted by Gasteiger charge is 2.50. The zero-order valence-electron chi connectivity index (χ0n) is 19.0. The summed E-state index contributed by atoms with van der Waals surface area (Å²) in [5, 5.41) is 6.30. The standard InChI is InChI=1S/C24H29Cl2N3O5/c1-13(34-20-6-5-16(25)10-19(20)26)24(33)29-11-15-3-2-4-18(15)21(29)23(32)28-17(12-30)9-14-7-8-27-22(14)31/h5-6,10,12-15,17-18,21H,2-4,7-9,11H2,1H3,(H,27,31)(H,28,32)/t13?,14-,15-,17-,18-,21?/m0/s1. The van der Waals surface area contributed by atoms with Gasteiger partial charge in [-0.15, -0.1) is 0 Å². The number of carbonyl (C=O) groups is 4. The maximum Gasteiger partial charge on any atom is 0.264 e. The van der Waals surface area contributed by atoms with E-state index in [1.165, 1.54) is 6.07 Å². The van der Waals surface area contributed by atoms with Gasteiger partial charge < -0.3 is 25.1 Å². The summed E-state index contributed by atoms with van der Waals surface area (Å²) in [6.45, 7) is 2.68. The van der Waals surface area contributed by atoms with Crippen LogP contribution in [0, 0.1) is 17.8 Å². The number of likely N-dealkylation sites (tertiary alicyclic amines) is 1. The molecule has 1 saturated carbocycles. The minimum Gasteiger partial charge on any atom is -0.479 e. The van der Waals surface area contributed by atoms with Crippen molar-refractivity contribution in [3.05, 3.63) is 28.2 Å². The fourth-order valence-electron chi connectivity index (χ4n) is 5.51. The van der Waals surface area contributed by atoms with Crippen LogP contribution in [0.2, 0.25) is 10.0 Å². The lowest BCUT2D eigenvalue weighted by atomic mass is 9.92. The Labute approximate surface area is 208 Å². The van der Waals surface area contributed by atoms with Crippen LogP contribution in [0.25, 0.3) is 0 Å². The molecule has 4 rings (SSSR count). The molecule has 1 aromatic rings. The predicted molar refractivity (Wildman–Crippen MR) is 127 cm³/mol. The number of nitrogens with zero attached hydrogens (tertiary/aromatic N) is 1. The van der Waals surface area contributed by atoms with Crippen LogP contribution >= 0.6 is 23.2 Å². The number of halogens is 2. The molecule has 0 radical (unpaired) electrons. The van der Waals surface area contributed by atoms with Gasteiger partial charge >= 0.3 is 0 Å². The third-order valence-electron chi connectivity index (χ3n) is 7.18. The van der Waals surface area contributed by atoms with Gasteiger partial charge in [0.15, 0.2) is 6.10 Å². The molecule has 0 aromatic heterocycles. The van der Waals surface area contributed by atoms with E-state index in [-0.39, 0.29) is 41.9 Å². The minimum absolute atomic E-state index is 0.0392. The Morgan fingerprint density at radius 2 is 2.09 bits per heavy atom. The highest BCUT2D eigenvalue weighted by atomic mass is 35.5. The summed E-state index contributed by atoms with van der Waals surface area (Å²) in [6.07, 6.45) is 3.51. The van der Waals surface area contributed by atoms with Gasteiger partial charge in [-0.25, -0.2) is 0 Å². The number of nitrogens with one attached hydrogen (secondary N) is 2. The van der Waals surface area contributed by atoms with E-state index in [9.17, 15) is 19.2 Å². The Bertz CT molecular complexity index is 974. The van der Waals surface area contributed by atoms with Crippen molar-refractivity contribution >= 4 is 47.2 Å². The first-order valence-corrected chi connectivity index (χ1v) is 12.5. The van der Waals surface area contributed by atoms with Gasteiger partial charge in [-0.1, -0.05) is 29.6 Å². The Balaban J connectivity index is 1.46. The van der Waals surface area contributed by atoms with Crippen molar-refractivity contribution in [1.82, 2.24) is 15.5 Å². The Hall–Kier alpha value is -2.32. The van der Waals surface area contributed by atoms with Crippen molar-refractivity contribution in [2.45, 2.75) is 57.2 Å². The summed E-state index contributed by atoms with van der Waals surface area (Å²) in [4.78, 5) is 51.9. The maximum atomic E-state index is 13.4. The molecular formula is C24H29Cl2N3O5. The monoisotopic (exact) mass is 509 g/mol. The van der Waals surface area contributed by atoms with E-state index in [1.807, 2.05) is 0 Å². The van der Waals surface area contributed by atoms with Crippen LogP contribution in [-0.2, 0) is 19.2 Å². The molecule has 3 fully saturated rings. The fraction of sp³-hybridized carbons (Fsp3) is 0.583. The molecule has 34 heavy (non-hydrogen) atoms. The van der Waals surface area contributed by atoms with E-state index in [0.29, 0.717) is 41.6 Å². The van der Waals surface area contributed by atoms with Crippen molar-refractivity contribution in [1.29, 1.82) is 0 Å². The molecule has 2 heterocycles. The largest absolute Gasteiger partial charge is 0.479 e. The number of ether oxygens (including phenoxy) is 1. The zero-order chi connectivity index (χ0) is 24.4. The molecule has 1 aliphatic carbocycles. The first-order chi connectivity index (χ1) is 16.3. The second-order valence-corrected chi connectivity index (χ2v) is 10.2. The molecule has 0 bridgehead atoms. The smallest absolute Gasteiger partial charge is 0.264 e. The molecule has 1 aromatic carbocycles. The van der Waals surface area contributed by atoms with Crippen LogP contribution in [0.4, 0.5) is 0 Å². The van der Waals surface area contributed by atoms with Gasteiger partial charge in [0, 0.05) is 24.0 Å². The number of rotatable bonds is 8. The molecule has 2 unspecified atom stereocenters. The number of aldehydes is 1. The average molecular weight is 510 g/mol. The average Bonchev–Trinajstić information content (AvgIpc) is 3.50. The minimum atomic E-state index is -0.864. The SMILES string of the molecule is CC(Oc1ccc(Cl)cc1Cl)C(=O)N1C[C@@H]2CCC[C@@H]2C1C(=O)N[C@H](C=O)C[C@@H]1CCNC1=O. The number of fused-ring (bicyclic) bond motifs is 1. The van der Waals surface area contributed by atoms with E-state index in [0.717, 1.165) is 19.3 Å². The number of hydrogen-bond donors (Lipinski definition) is 2. The molecule has 3 aliphatic rings. The highest BCUT2D eigenvalue weighted by Crippen LogP contribution is 2.42. The van der Waals surface area contributed by atoms with Gasteiger partial charge in [0.25, 0.3) is 5.91 Å². The molecule has 184 valence electrons. The van der Waals surface area contributed by atoms with Gasteiger partial charge in [0.1, 0.15) is 18.1 Å². The van der Waals surface area contributed by atoms with E-state index in [2.05, 4.69) is 10.6 Å². The van der Waals surface area contributed by atoms with Crippen LogP contribution < -0.4 is 15.4 Å². The second kappa shape index (κ2) is 10.5. The first-order valence-electron chi connectivity index (χ1n) is 11.7. The molecule has 2 saturated heterocycles. The second-order valence-electron chi connectivity index (χ2n) is 9.39. The van der Waals surface area contributed by atoms with Gasteiger partial charge in [0.05, 0.1) is 11.1 Å². The number of carbonyl (C=O) groups excluding carboxylic acids is 4. The third-order valence-corrected chi connectivity index (χ3v) is 7.71. The topological polar surface area (TPSA) is 105 Å². The lowest BCUT2D eigenvalue weighted by Gasteiger charge is -2.30. The number of amides is 3. The molecule has 3 amide bonds. The van der Waals surface area contributed by atoms with Gasteiger partial charge in [-0.3, -0.25) is 14.4 Å². The van der Waals surface area contributed by atoms with Crippen molar-refractivity contribution in [2.24, 2.45) is 17.8 Å². The maximum absolute atomic E-state index is 13.4. The van der Waals surface area contributed by atoms with Gasteiger partial charge in [-0.2, -0.15) is 0 Å². The molecule has 2 N–H and O–H groups in total. The van der Waals surface area contributed by atoms with Gasteiger partial charge in [-0.05, 0) is 62.6 Å². The van der Waals surface area contributed by atoms with E-state index < -0.39 is 18.2 Å².